The summed E-state index contributed by atoms with van der Waals surface area (Å²) >= 11 is 1.81. The van der Waals surface area contributed by atoms with E-state index in [0.29, 0.717) is 11.8 Å². The highest BCUT2D eigenvalue weighted by molar-refractivity contribution is 8.00. The molecule has 2 rings (SSSR count). The van der Waals surface area contributed by atoms with Gasteiger partial charge in [-0.1, -0.05) is 18.6 Å². The Bertz CT molecular complexity index is 496. The predicted octanol–water partition coefficient (Wildman–Crippen LogP) is 1.96. The molecule has 0 spiro atoms. The van der Waals surface area contributed by atoms with Crippen molar-refractivity contribution in [1.82, 2.24) is 4.72 Å². The molecule has 100 valence electrons. The van der Waals surface area contributed by atoms with Gasteiger partial charge in [0.25, 0.3) is 0 Å². The maximum atomic E-state index is 12.0. The zero-order valence-electron chi connectivity index (χ0n) is 10.0. The van der Waals surface area contributed by atoms with E-state index in [-0.39, 0.29) is 10.6 Å². The van der Waals surface area contributed by atoms with Crippen LogP contribution in [-0.2, 0) is 10.0 Å². The number of phenolic OH excluding ortho intramolecular Hbond substituents is 1. The lowest BCUT2D eigenvalue weighted by molar-refractivity contribution is 0.458. The van der Waals surface area contributed by atoms with Gasteiger partial charge in [0.2, 0.25) is 10.0 Å². The minimum absolute atomic E-state index is 0.0502. The number of benzene rings is 1. The summed E-state index contributed by atoms with van der Waals surface area (Å²) < 4.78 is 26.6. The molecule has 1 aliphatic heterocycles. The Morgan fingerprint density at radius 1 is 1.33 bits per heavy atom. The van der Waals surface area contributed by atoms with Gasteiger partial charge >= 0.3 is 0 Å². The maximum absolute atomic E-state index is 12.0. The van der Waals surface area contributed by atoms with Gasteiger partial charge in [0, 0.05) is 11.8 Å². The molecule has 1 atom stereocenters. The fourth-order valence-corrected chi connectivity index (χ4v) is 4.45. The van der Waals surface area contributed by atoms with Crippen LogP contribution in [0, 0.1) is 0 Å². The first-order chi connectivity index (χ1) is 8.59. The monoisotopic (exact) mass is 287 g/mol. The molecule has 18 heavy (non-hydrogen) atoms. The van der Waals surface area contributed by atoms with Crippen LogP contribution in [-0.4, -0.2) is 31.1 Å². The molecule has 1 fully saturated rings. The molecular weight excluding hydrogens is 270 g/mol. The van der Waals surface area contributed by atoms with Gasteiger partial charge in [0.05, 0.1) is 0 Å². The molecule has 1 unspecified atom stereocenters. The highest BCUT2D eigenvalue weighted by Crippen LogP contribution is 2.25. The first kappa shape index (κ1) is 13.7. The summed E-state index contributed by atoms with van der Waals surface area (Å²) in [4.78, 5) is -0.0502. The van der Waals surface area contributed by atoms with Crippen LogP contribution in [0.3, 0.4) is 0 Å². The largest absolute Gasteiger partial charge is 0.507 e. The summed E-state index contributed by atoms with van der Waals surface area (Å²) in [6.07, 6.45) is 3.43. The van der Waals surface area contributed by atoms with Crippen LogP contribution in [0.4, 0.5) is 0 Å². The quantitative estimate of drug-likeness (QED) is 0.888. The Balaban J connectivity index is 2.01. The van der Waals surface area contributed by atoms with Gasteiger partial charge in [-0.3, -0.25) is 0 Å². The van der Waals surface area contributed by atoms with Crippen LogP contribution in [0.5, 0.6) is 5.75 Å². The van der Waals surface area contributed by atoms with Crippen molar-refractivity contribution in [3.63, 3.8) is 0 Å². The van der Waals surface area contributed by atoms with Gasteiger partial charge < -0.3 is 5.11 Å². The van der Waals surface area contributed by atoms with Crippen molar-refractivity contribution in [2.45, 2.75) is 29.4 Å². The third-order valence-corrected chi connectivity index (χ3v) is 5.80. The number of para-hydroxylation sites is 1. The van der Waals surface area contributed by atoms with Crippen LogP contribution < -0.4 is 4.72 Å². The average Bonchev–Trinajstić information content (AvgIpc) is 2.38. The van der Waals surface area contributed by atoms with Gasteiger partial charge in [0.1, 0.15) is 10.6 Å². The minimum atomic E-state index is -3.60. The SMILES string of the molecule is O=S(=O)(NCC1CCCCS1)c1ccccc1O. The van der Waals surface area contributed by atoms with E-state index in [9.17, 15) is 13.5 Å². The lowest BCUT2D eigenvalue weighted by Crippen LogP contribution is -2.32. The van der Waals surface area contributed by atoms with Crippen LogP contribution >= 0.6 is 11.8 Å². The Kier molecular flexibility index (Phi) is 4.53. The summed E-state index contributed by atoms with van der Waals surface area (Å²) in [5.74, 6) is 0.893. The molecule has 0 bridgehead atoms. The van der Waals surface area contributed by atoms with Crippen molar-refractivity contribution in [2.75, 3.05) is 12.3 Å². The Morgan fingerprint density at radius 2 is 2.11 bits per heavy atom. The third-order valence-electron chi connectivity index (χ3n) is 2.93. The zero-order chi connectivity index (χ0) is 13.0. The second-order valence-electron chi connectivity index (χ2n) is 4.31. The molecule has 1 aliphatic rings. The standard InChI is InChI=1S/C12H17NO3S2/c14-11-6-1-2-7-12(11)18(15,16)13-9-10-5-3-4-8-17-10/h1-2,6-7,10,13-14H,3-5,8-9H2. The molecule has 1 heterocycles. The first-order valence-corrected chi connectivity index (χ1v) is 8.52. The lowest BCUT2D eigenvalue weighted by Gasteiger charge is -2.21. The second kappa shape index (κ2) is 5.95. The van der Waals surface area contributed by atoms with Crippen molar-refractivity contribution >= 4 is 21.8 Å². The molecule has 1 aromatic carbocycles. The smallest absolute Gasteiger partial charge is 0.244 e. The predicted molar refractivity (Wildman–Crippen MR) is 73.4 cm³/mol. The average molecular weight is 287 g/mol. The molecular formula is C12H17NO3S2. The molecule has 1 aromatic rings. The van der Waals surface area contributed by atoms with E-state index in [2.05, 4.69) is 4.72 Å². The van der Waals surface area contributed by atoms with E-state index in [0.717, 1.165) is 18.6 Å². The Labute approximate surface area is 112 Å². The fraction of sp³-hybridized carbons (Fsp3) is 0.500. The van der Waals surface area contributed by atoms with Crippen LogP contribution in [0.2, 0.25) is 0 Å². The van der Waals surface area contributed by atoms with E-state index in [1.807, 2.05) is 11.8 Å². The topological polar surface area (TPSA) is 66.4 Å². The van der Waals surface area contributed by atoms with Crippen molar-refractivity contribution in [3.8, 4) is 5.75 Å². The van der Waals surface area contributed by atoms with Crippen molar-refractivity contribution in [3.05, 3.63) is 24.3 Å². The number of aromatic hydroxyl groups is 1. The lowest BCUT2D eigenvalue weighted by atomic mass is 10.2. The molecule has 0 aliphatic carbocycles. The number of nitrogens with one attached hydrogen (secondary N) is 1. The summed E-state index contributed by atoms with van der Waals surface area (Å²) in [5, 5.41) is 9.91. The van der Waals surface area contributed by atoms with Crippen LogP contribution in [0.25, 0.3) is 0 Å². The van der Waals surface area contributed by atoms with E-state index in [1.165, 1.54) is 18.6 Å². The van der Waals surface area contributed by atoms with Crippen molar-refractivity contribution < 1.29 is 13.5 Å². The van der Waals surface area contributed by atoms with Gasteiger partial charge in [-0.2, -0.15) is 11.8 Å². The maximum Gasteiger partial charge on any atom is 0.244 e. The molecule has 0 saturated carbocycles. The van der Waals surface area contributed by atoms with Gasteiger partial charge in [0.15, 0.2) is 0 Å². The molecule has 6 heteroatoms. The fourth-order valence-electron chi connectivity index (χ4n) is 1.93. The molecule has 0 amide bonds. The molecule has 2 N–H and O–H groups in total. The summed E-state index contributed by atoms with van der Waals surface area (Å²) in [7, 11) is -3.60. The van der Waals surface area contributed by atoms with Gasteiger partial charge in [-0.15, -0.1) is 0 Å². The summed E-state index contributed by atoms with van der Waals surface area (Å²) in [6.45, 7) is 0.432. The van der Waals surface area contributed by atoms with Crippen molar-refractivity contribution in [2.24, 2.45) is 0 Å². The van der Waals surface area contributed by atoms with E-state index in [4.69, 9.17) is 0 Å². The molecule has 0 aromatic heterocycles. The third kappa shape index (κ3) is 3.40. The molecule has 4 nitrogen and oxygen atoms in total. The Morgan fingerprint density at radius 3 is 2.78 bits per heavy atom. The molecule has 0 radical (unpaired) electrons. The number of rotatable bonds is 4. The number of sulfonamides is 1. The van der Waals surface area contributed by atoms with Gasteiger partial charge in [-0.25, -0.2) is 13.1 Å². The van der Waals surface area contributed by atoms with E-state index in [1.54, 1.807) is 12.1 Å². The minimum Gasteiger partial charge on any atom is -0.507 e. The van der Waals surface area contributed by atoms with E-state index >= 15 is 0 Å². The number of hydrogen-bond donors (Lipinski definition) is 2. The van der Waals surface area contributed by atoms with Gasteiger partial charge in [-0.05, 0) is 30.7 Å². The summed E-state index contributed by atoms with van der Waals surface area (Å²) in [5.41, 5.74) is 0. The van der Waals surface area contributed by atoms with Crippen LogP contribution in [0.15, 0.2) is 29.2 Å². The highest BCUT2D eigenvalue weighted by Gasteiger charge is 2.21. The number of hydrogen-bond acceptors (Lipinski definition) is 4. The zero-order valence-corrected chi connectivity index (χ0v) is 11.6. The number of phenols is 1. The van der Waals surface area contributed by atoms with E-state index < -0.39 is 10.0 Å². The van der Waals surface area contributed by atoms with Crippen molar-refractivity contribution in [1.29, 1.82) is 0 Å². The molecule has 1 saturated heterocycles. The first-order valence-electron chi connectivity index (χ1n) is 5.99. The van der Waals surface area contributed by atoms with Crippen LogP contribution in [0.1, 0.15) is 19.3 Å². The summed E-state index contributed by atoms with van der Waals surface area (Å²) in [6, 6.07) is 5.99. The number of thioether (sulfide) groups is 1. The highest BCUT2D eigenvalue weighted by atomic mass is 32.2. The Hall–Kier alpha value is -0.720. The second-order valence-corrected chi connectivity index (χ2v) is 7.45. The normalized spacial score (nSPS) is 20.8.